The zero-order valence-corrected chi connectivity index (χ0v) is 7.67. The highest BCUT2D eigenvalue weighted by Gasteiger charge is 2.29. The van der Waals surface area contributed by atoms with Gasteiger partial charge in [-0.05, 0) is 6.42 Å². The smallest absolute Gasteiger partial charge is 0.304 e. The van der Waals surface area contributed by atoms with Gasteiger partial charge in [0.05, 0.1) is 12.8 Å². The highest BCUT2D eigenvalue weighted by molar-refractivity contribution is 7.81. The Morgan fingerprint density at radius 1 is 1.25 bits per heavy atom. The van der Waals surface area contributed by atoms with E-state index in [1.54, 1.807) is 6.92 Å². The second kappa shape index (κ2) is 4.35. The predicted octanol–water partition coefficient (Wildman–Crippen LogP) is 1.01. The van der Waals surface area contributed by atoms with E-state index in [2.05, 4.69) is 12.6 Å². The Balaban J connectivity index is 4.23. The zero-order chi connectivity index (χ0) is 9.78. The summed E-state index contributed by atoms with van der Waals surface area (Å²) in [4.78, 5) is 20.6. The highest BCUT2D eigenvalue weighted by Crippen LogP contribution is 2.27. The minimum absolute atomic E-state index is 0.223. The van der Waals surface area contributed by atoms with Crippen molar-refractivity contribution in [1.82, 2.24) is 0 Å². The monoisotopic (exact) mass is 192 g/mol. The summed E-state index contributed by atoms with van der Waals surface area (Å²) in [6, 6.07) is 0. The molecule has 0 atom stereocenters. The van der Waals surface area contributed by atoms with Crippen LogP contribution in [0.2, 0.25) is 0 Å². The van der Waals surface area contributed by atoms with Crippen molar-refractivity contribution in [3.63, 3.8) is 0 Å². The van der Waals surface area contributed by atoms with Crippen LogP contribution in [0.5, 0.6) is 0 Å². The van der Waals surface area contributed by atoms with E-state index in [4.69, 9.17) is 10.2 Å². The van der Waals surface area contributed by atoms with Crippen LogP contribution < -0.4 is 0 Å². The van der Waals surface area contributed by atoms with Gasteiger partial charge in [-0.3, -0.25) is 9.59 Å². The Labute approximate surface area is 76.0 Å². The minimum atomic E-state index is -1.02. The molecule has 0 aliphatic rings. The number of aliphatic carboxylic acids is 2. The molecule has 0 bridgehead atoms. The van der Waals surface area contributed by atoms with E-state index >= 15 is 0 Å². The van der Waals surface area contributed by atoms with Crippen LogP contribution in [0.4, 0.5) is 0 Å². The van der Waals surface area contributed by atoms with Crippen molar-refractivity contribution in [1.29, 1.82) is 0 Å². The van der Waals surface area contributed by atoms with Crippen molar-refractivity contribution in [3.8, 4) is 0 Å². The minimum Gasteiger partial charge on any atom is -0.481 e. The van der Waals surface area contributed by atoms with Gasteiger partial charge in [-0.25, -0.2) is 0 Å². The zero-order valence-electron chi connectivity index (χ0n) is 6.78. The van der Waals surface area contributed by atoms with Gasteiger partial charge in [-0.1, -0.05) is 6.92 Å². The third-order valence-corrected chi connectivity index (χ3v) is 2.25. The third kappa shape index (κ3) is 4.23. The van der Waals surface area contributed by atoms with E-state index in [0.29, 0.717) is 6.42 Å². The molecule has 5 heteroatoms. The highest BCUT2D eigenvalue weighted by atomic mass is 32.1. The average Bonchev–Trinajstić information content (AvgIpc) is 1.83. The fraction of sp³-hybridized carbons (Fsp3) is 0.714. The average molecular weight is 192 g/mol. The van der Waals surface area contributed by atoms with Crippen molar-refractivity contribution in [2.75, 3.05) is 0 Å². The summed E-state index contributed by atoms with van der Waals surface area (Å²) in [5.41, 5.74) is 0. The molecule has 12 heavy (non-hydrogen) atoms. The molecule has 0 aliphatic heterocycles. The van der Waals surface area contributed by atoms with Crippen molar-refractivity contribution in [3.05, 3.63) is 0 Å². The standard InChI is InChI=1S/C7H12O4S/c1-2-7(12,3-5(8)9)4-6(10)11/h12H,2-4H2,1H3,(H,8,9)(H,10,11). The quantitative estimate of drug-likeness (QED) is 0.568. The number of hydrogen-bond donors (Lipinski definition) is 3. The summed E-state index contributed by atoms with van der Waals surface area (Å²) < 4.78 is -0.919. The first kappa shape index (κ1) is 11.3. The van der Waals surface area contributed by atoms with Gasteiger partial charge in [0.25, 0.3) is 0 Å². The van der Waals surface area contributed by atoms with Gasteiger partial charge in [0.1, 0.15) is 0 Å². The molecule has 0 unspecified atom stereocenters. The van der Waals surface area contributed by atoms with E-state index < -0.39 is 16.7 Å². The maximum absolute atomic E-state index is 10.3. The fourth-order valence-electron chi connectivity index (χ4n) is 0.875. The lowest BCUT2D eigenvalue weighted by molar-refractivity contribution is -0.139. The predicted molar refractivity (Wildman–Crippen MR) is 46.5 cm³/mol. The van der Waals surface area contributed by atoms with Gasteiger partial charge in [0.15, 0.2) is 0 Å². The first-order valence-corrected chi connectivity index (χ1v) is 4.00. The SMILES string of the molecule is CCC(S)(CC(=O)O)CC(=O)O. The maximum atomic E-state index is 10.3. The second-order valence-electron chi connectivity index (χ2n) is 2.72. The van der Waals surface area contributed by atoms with Crippen molar-refractivity contribution in [2.45, 2.75) is 30.9 Å². The van der Waals surface area contributed by atoms with Crippen molar-refractivity contribution >= 4 is 24.6 Å². The van der Waals surface area contributed by atoms with Gasteiger partial charge in [0.2, 0.25) is 0 Å². The van der Waals surface area contributed by atoms with Gasteiger partial charge in [-0.2, -0.15) is 12.6 Å². The maximum Gasteiger partial charge on any atom is 0.304 e. The van der Waals surface area contributed by atoms with E-state index in [1.165, 1.54) is 0 Å². The normalized spacial score (nSPS) is 11.2. The molecule has 0 radical (unpaired) electrons. The molecule has 0 saturated carbocycles. The van der Waals surface area contributed by atoms with Crippen LogP contribution in [0, 0.1) is 0 Å². The summed E-state index contributed by atoms with van der Waals surface area (Å²) in [7, 11) is 0. The van der Waals surface area contributed by atoms with Crippen LogP contribution >= 0.6 is 12.6 Å². The summed E-state index contributed by atoms with van der Waals surface area (Å²) in [5, 5.41) is 16.9. The molecule has 0 aromatic heterocycles. The molecule has 0 rings (SSSR count). The van der Waals surface area contributed by atoms with Gasteiger partial charge < -0.3 is 10.2 Å². The van der Waals surface area contributed by atoms with Gasteiger partial charge >= 0.3 is 11.9 Å². The molecule has 70 valence electrons. The molecule has 0 aromatic rings. The van der Waals surface area contributed by atoms with Gasteiger partial charge in [0, 0.05) is 4.75 Å². The molecule has 4 nitrogen and oxygen atoms in total. The Hall–Kier alpha value is -0.710. The molecule has 2 N–H and O–H groups in total. The molecule has 0 saturated heterocycles. The van der Waals surface area contributed by atoms with E-state index in [9.17, 15) is 9.59 Å². The summed E-state index contributed by atoms with van der Waals surface area (Å²) >= 11 is 4.04. The number of carboxylic acid groups (broad SMARTS) is 2. The first-order chi connectivity index (χ1) is 5.39. The Bertz CT molecular complexity index is 174. The van der Waals surface area contributed by atoms with Crippen molar-refractivity contribution < 1.29 is 19.8 Å². The molecular weight excluding hydrogens is 180 g/mol. The van der Waals surface area contributed by atoms with Gasteiger partial charge in [-0.15, -0.1) is 0 Å². The van der Waals surface area contributed by atoms with Crippen LogP contribution in [0.1, 0.15) is 26.2 Å². The van der Waals surface area contributed by atoms with E-state index in [0.717, 1.165) is 0 Å². The topological polar surface area (TPSA) is 74.6 Å². The second-order valence-corrected chi connectivity index (χ2v) is 3.67. The lowest BCUT2D eigenvalue weighted by Crippen LogP contribution is -2.27. The molecule has 0 aliphatic carbocycles. The molecular formula is C7H12O4S. The largest absolute Gasteiger partial charge is 0.481 e. The Morgan fingerprint density at radius 3 is 1.75 bits per heavy atom. The Morgan fingerprint density at radius 2 is 1.58 bits per heavy atom. The van der Waals surface area contributed by atoms with Crippen LogP contribution in [0.25, 0.3) is 0 Å². The van der Waals surface area contributed by atoms with Crippen LogP contribution in [-0.4, -0.2) is 26.9 Å². The molecule has 0 spiro atoms. The number of hydrogen-bond acceptors (Lipinski definition) is 3. The summed E-state index contributed by atoms with van der Waals surface area (Å²) in [6.07, 6.45) is -0.0213. The lowest BCUT2D eigenvalue weighted by Gasteiger charge is -2.22. The van der Waals surface area contributed by atoms with Crippen LogP contribution in [0.3, 0.4) is 0 Å². The van der Waals surface area contributed by atoms with E-state index in [1.807, 2.05) is 0 Å². The first-order valence-electron chi connectivity index (χ1n) is 3.55. The number of rotatable bonds is 5. The van der Waals surface area contributed by atoms with Crippen LogP contribution in [0.15, 0.2) is 0 Å². The van der Waals surface area contributed by atoms with Crippen molar-refractivity contribution in [2.24, 2.45) is 0 Å². The third-order valence-electron chi connectivity index (χ3n) is 1.62. The van der Waals surface area contributed by atoms with Crippen LogP contribution in [-0.2, 0) is 9.59 Å². The fourth-order valence-corrected chi connectivity index (χ4v) is 1.15. The van der Waals surface area contributed by atoms with E-state index in [-0.39, 0.29) is 12.8 Å². The summed E-state index contributed by atoms with van der Waals surface area (Å²) in [5.74, 6) is -2.04. The number of carboxylic acids is 2. The number of carbonyl (C=O) groups is 2. The summed E-state index contributed by atoms with van der Waals surface area (Å²) in [6.45, 7) is 1.72. The number of thiol groups is 1. The Kier molecular flexibility index (Phi) is 4.09. The molecule has 0 fully saturated rings. The molecule has 0 amide bonds. The molecule has 0 heterocycles. The lowest BCUT2D eigenvalue weighted by atomic mass is 9.97. The molecule has 0 aromatic carbocycles.